The summed E-state index contributed by atoms with van der Waals surface area (Å²) in [6, 6.07) is 0. The first-order chi connectivity index (χ1) is 7.60. The predicted octanol–water partition coefficient (Wildman–Crippen LogP) is 0.128. The van der Waals surface area contributed by atoms with E-state index in [1.165, 1.54) is 4.31 Å². The first-order valence-electron chi connectivity index (χ1n) is 5.32. The lowest BCUT2D eigenvalue weighted by Gasteiger charge is -2.18. The van der Waals surface area contributed by atoms with Gasteiger partial charge < -0.3 is 4.98 Å². The van der Waals surface area contributed by atoms with Crippen molar-refractivity contribution in [2.75, 3.05) is 19.6 Å². The van der Waals surface area contributed by atoms with Crippen LogP contribution in [-0.4, -0.2) is 42.3 Å². The average Bonchev–Trinajstić information content (AvgIpc) is 2.71. The van der Waals surface area contributed by atoms with Crippen molar-refractivity contribution in [1.82, 2.24) is 19.0 Å². The monoisotopic (exact) mass is 246 g/mol. The summed E-state index contributed by atoms with van der Waals surface area (Å²) >= 11 is 0. The van der Waals surface area contributed by atoms with Crippen LogP contribution in [0.4, 0.5) is 0 Å². The van der Waals surface area contributed by atoms with E-state index >= 15 is 0 Å². The number of nitrogens with one attached hydrogen (secondary N) is 2. The lowest BCUT2D eigenvalue weighted by molar-refractivity contribution is 0.435. The van der Waals surface area contributed by atoms with Gasteiger partial charge in [-0.2, -0.15) is 12.7 Å². The molecule has 0 aliphatic carbocycles. The van der Waals surface area contributed by atoms with E-state index in [0.717, 1.165) is 5.69 Å². The summed E-state index contributed by atoms with van der Waals surface area (Å²) < 4.78 is 27.4. The van der Waals surface area contributed by atoms with Crippen LogP contribution in [-0.2, 0) is 16.6 Å². The number of hydrogen-bond donors (Lipinski definition) is 2. The summed E-state index contributed by atoms with van der Waals surface area (Å²) in [6.45, 7) is 4.97. The minimum Gasteiger partial charge on any atom is -0.348 e. The largest absolute Gasteiger partial charge is 0.348 e. The zero-order valence-corrected chi connectivity index (χ0v) is 10.4. The van der Waals surface area contributed by atoms with Gasteiger partial charge in [-0.1, -0.05) is 13.8 Å². The molecule has 6 nitrogen and oxygen atoms in total. The molecule has 0 radical (unpaired) electrons. The van der Waals surface area contributed by atoms with Crippen molar-refractivity contribution in [3.63, 3.8) is 0 Å². The molecule has 0 aromatic carbocycles. The van der Waals surface area contributed by atoms with E-state index in [4.69, 9.17) is 0 Å². The number of imidazole rings is 1. The Morgan fingerprint density at radius 2 is 2.12 bits per heavy atom. The molecule has 0 amide bonds. The second-order valence-electron chi connectivity index (χ2n) is 3.31. The first-order valence-corrected chi connectivity index (χ1v) is 6.76. The van der Waals surface area contributed by atoms with E-state index < -0.39 is 10.2 Å². The molecule has 0 unspecified atom stereocenters. The molecule has 0 saturated carbocycles. The van der Waals surface area contributed by atoms with Crippen molar-refractivity contribution in [3.05, 3.63) is 18.2 Å². The van der Waals surface area contributed by atoms with Gasteiger partial charge in [-0.3, -0.25) is 0 Å². The van der Waals surface area contributed by atoms with Gasteiger partial charge >= 0.3 is 0 Å². The highest BCUT2D eigenvalue weighted by Gasteiger charge is 2.17. The normalized spacial score (nSPS) is 12.2. The number of rotatable bonds is 7. The summed E-state index contributed by atoms with van der Waals surface area (Å²) in [7, 11) is -3.33. The van der Waals surface area contributed by atoms with Crippen molar-refractivity contribution in [2.24, 2.45) is 0 Å². The minimum atomic E-state index is -3.33. The minimum absolute atomic E-state index is 0.376. The summed E-state index contributed by atoms with van der Waals surface area (Å²) in [5.41, 5.74) is 0.919. The molecule has 16 heavy (non-hydrogen) atoms. The van der Waals surface area contributed by atoms with Crippen LogP contribution < -0.4 is 4.72 Å². The molecule has 0 spiro atoms. The van der Waals surface area contributed by atoms with Gasteiger partial charge in [-0.15, -0.1) is 0 Å². The van der Waals surface area contributed by atoms with Crippen LogP contribution in [0.3, 0.4) is 0 Å². The van der Waals surface area contributed by atoms with Gasteiger partial charge in [-0.05, 0) is 0 Å². The molecule has 2 N–H and O–H groups in total. The van der Waals surface area contributed by atoms with Gasteiger partial charge in [0.1, 0.15) is 0 Å². The Morgan fingerprint density at radius 3 is 2.62 bits per heavy atom. The van der Waals surface area contributed by atoms with E-state index in [0.29, 0.717) is 26.1 Å². The molecule has 92 valence electrons. The summed E-state index contributed by atoms with van der Waals surface area (Å²) in [5, 5.41) is 0. The zero-order valence-electron chi connectivity index (χ0n) is 9.60. The van der Waals surface area contributed by atoms with E-state index in [9.17, 15) is 8.42 Å². The molecule has 7 heteroatoms. The van der Waals surface area contributed by atoms with Gasteiger partial charge in [0.05, 0.1) is 6.33 Å². The third-order valence-electron chi connectivity index (χ3n) is 2.28. The Balaban J connectivity index is 2.42. The molecule has 1 heterocycles. The molecule has 1 aromatic rings. The van der Waals surface area contributed by atoms with Crippen molar-refractivity contribution in [3.8, 4) is 0 Å². The van der Waals surface area contributed by atoms with Crippen LogP contribution >= 0.6 is 0 Å². The van der Waals surface area contributed by atoms with Crippen LogP contribution in [0.25, 0.3) is 0 Å². The van der Waals surface area contributed by atoms with E-state index in [1.807, 2.05) is 13.8 Å². The number of aromatic amines is 1. The fourth-order valence-corrected chi connectivity index (χ4v) is 2.61. The SMILES string of the molecule is CCN(CC)S(=O)(=O)NCCc1cnc[nH]1. The number of nitrogens with zero attached hydrogens (tertiary/aromatic N) is 2. The third-order valence-corrected chi connectivity index (χ3v) is 4.04. The van der Waals surface area contributed by atoms with Gasteiger partial charge in [0.25, 0.3) is 10.2 Å². The molecule has 0 bridgehead atoms. The molecular weight excluding hydrogens is 228 g/mol. The van der Waals surface area contributed by atoms with Gasteiger partial charge in [0, 0.05) is 37.9 Å². The predicted molar refractivity (Wildman–Crippen MR) is 62.1 cm³/mol. The smallest absolute Gasteiger partial charge is 0.279 e. The molecular formula is C9H18N4O2S. The summed E-state index contributed by atoms with van der Waals surface area (Å²) in [5.74, 6) is 0. The van der Waals surface area contributed by atoms with E-state index in [1.54, 1.807) is 12.5 Å². The van der Waals surface area contributed by atoms with Crippen molar-refractivity contribution in [1.29, 1.82) is 0 Å². The second-order valence-corrected chi connectivity index (χ2v) is 5.07. The molecule has 0 saturated heterocycles. The topological polar surface area (TPSA) is 78.1 Å². The number of aromatic nitrogens is 2. The standard InChI is InChI=1S/C9H18N4O2S/c1-3-13(4-2)16(14,15)12-6-5-9-7-10-8-11-9/h7-8,12H,3-6H2,1-2H3,(H,10,11). The van der Waals surface area contributed by atoms with E-state index in [-0.39, 0.29) is 0 Å². The van der Waals surface area contributed by atoms with Crippen LogP contribution in [0, 0.1) is 0 Å². The van der Waals surface area contributed by atoms with Crippen molar-refractivity contribution >= 4 is 10.2 Å². The molecule has 0 aliphatic rings. The highest BCUT2D eigenvalue weighted by molar-refractivity contribution is 7.87. The molecule has 0 fully saturated rings. The van der Waals surface area contributed by atoms with Crippen LogP contribution in [0.15, 0.2) is 12.5 Å². The van der Waals surface area contributed by atoms with Crippen LogP contribution in [0.1, 0.15) is 19.5 Å². The number of hydrogen-bond acceptors (Lipinski definition) is 3. The van der Waals surface area contributed by atoms with Gasteiger partial charge in [0.2, 0.25) is 0 Å². The number of H-pyrrole nitrogens is 1. The quantitative estimate of drug-likeness (QED) is 0.717. The maximum absolute atomic E-state index is 11.7. The fraction of sp³-hybridized carbons (Fsp3) is 0.667. The highest BCUT2D eigenvalue weighted by Crippen LogP contribution is 1.97. The molecule has 1 rings (SSSR count). The molecule has 0 aliphatic heterocycles. The first kappa shape index (κ1) is 13.1. The average molecular weight is 246 g/mol. The molecule has 0 atom stereocenters. The summed E-state index contributed by atoms with van der Waals surface area (Å²) in [4.78, 5) is 6.78. The second kappa shape index (κ2) is 5.97. The maximum Gasteiger partial charge on any atom is 0.279 e. The zero-order chi connectivity index (χ0) is 12.0. The molecule has 1 aromatic heterocycles. The highest BCUT2D eigenvalue weighted by atomic mass is 32.2. The van der Waals surface area contributed by atoms with Gasteiger partial charge in [0.15, 0.2) is 0 Å². The lowest BCUT2D eigenvalue weighted by Crippen LogP contribution is -2.41. The van der Waals surface area contributed by atoms with Crippen LogP contribution in [0.2, 0.25) is 0 Å². The fourth-order valence-electron chi connectivity index (χ4n) is 1.39. The van der Waals surface area contributed by atoms with Crippen molar-refractivity contribution in [2.45, 2.75) is 20.3 Å². The Bertz CT molecular complexity index is 384. The van der Waals surface area contributed by atoms with Crippen molar-refractivity contribution < 1.29 is 8.42 Å². The van der Waals surface area contributed by atoms with E-state index in [2.05, 4.69) is 14.7 Å². The third kappa shape index (κ3) is 3.58. The Hall–Kier alpha value is -0.920. The van der Waals surface area contributed by atoms with Gasteiger partial charge in [-0.25, -0.2) is 9.71 Å². The maximum atomic E-state index is 11.7. The Morgan fingerprint density at radius 1 is 1.44 bits per heavy atom. The summed E-state index contributed by atoms with van der Waals surface area (Å²) in [6.07, 6.45) is 3.88. The van der Waals surface area contributed by atoms with Crippen LogP contribution in [0.5, 0.6) is 0 Å². The Kier molecular flexibility index (Phi) is 4.91. The lowest BCUT2D eigenvalue weighted by atomic mass is 10.3. The Labute approximate surface area is 96.3 Å².